The van der Waals surface area contributed by atoms with Gasteiger partial charge in [-0.1, -0.05) is 83.1 Å². The lowest BCUT2D eigenvalue weighted by atomic mass is 9.79. The third-order valence-electron chi connectivity index (χ3n) is 19.6. The average Bonchev–Trinajstić information content (AvgIpc) is 0.776. The van der Waals surface area contributed by atoms with Gasteiger partial charge in [-0.15, -0.1) is 0 Å². The van der Waals surface area contributed by atoms with Crippen LogP contribution in [0.3, 0.4) is 0 Å². The van der Waals surface area contributed by atoms with Crippen molar-refractivity contribution in [3.63, 3.8) is 0 Å². The van der Waals surface area contributed by atoms with Gasteiger partial charge >= 0.3 is 17.9 Å². The van der Waals surface area contributed by atoms with Gasteiger partial charge < -0.3 is 59.8 Å². The number of piperidine rings is 3. The van der Waals surface area contributed by atoms with Gasteiger partial charge in [0.1, 0.15) is 36.4 Å². The second-order valence-corrected chi connectivity index (χ2v) is 28.4. The van der Waals surface area contributed by atoms with Gasteiger partial charge in [0.15, 0.2) is 34.5 Å². The van der Waals surface area contributed by atoms with Crippen LogP contribution in [0, 0.1) is 53.3 Å². The van der Waals surface area contributed by atoms with Crippen molar-refractivity contribution in [3.05, 3.63) is 69.8 Å². The van der Waals surface area contributed by atoms with Gasteiger partial charge in [0.2, 0.25) is 0 Å². The van der Waals surface area contributed by atoms with Crippen LogP contribution in [0.1, 0.15) is 181 Å². The fraction of sp³-hybridized carbons (Fsp3) is 0.708. The number of nitrogens with zero attached hydrogens (tertiary/aromatic N) is 3. The maximum absolute atomic E-state index is 12.7. The monoisotopic (exact) mass is 1260 g/mol. The quantitative estimate of drug-likeness (QED) is 0.0666. The first-order valence-electron chi connectivity index (χ1n) is 36.2. The summed E-state index contributed by atoms with van der Waals surface area (Å²) in [5.74, 6) is 4.22. The molecule has 9 rings (SSSR count). The minimum absolute atomic E-state index is 0.0115. The van der Waals surface area contributed by atoms with Crippen LogP contribution in [0.4, 0.5) is 0 Å². The molecule has 0 saturated carbocycles. The molecule has 6 heterocycles. The number of esters is 3. The van der Waals surface area contributed by atoms with Gasteiger partial charge in [-0.3, -0.25) is 29.1 Å². The minimum atomic E-state index is -2.55. The molecular formula is C72H114N6O12. The Morgan fingerprint density at radius 3 is 0.889 bits per heavy atom. The van der Waals surface area contributed by atoms with Gasteiger partial charge in [0.05, 0.1) is 50.7 Å². The van der Waals surface area contributed by atoms with Crippen molar-refractivity contribution in [2.75, 3.05) is 81.8 Å². The van der Waals surface area contributed by atoms with Crippen molar-refractivity contribution in [1.29, 1.82) is 0 Å². The highest BCUT2D eigenvalue weighted by Crippen LogP contribution is 2.48. The molecule has 6 aliphatic heterocycles. The third-order valence-corrected chi connectivity index (χ3v) is 19.6. The van der Waals surface area contributed by atoms with E-state index >= 15 is 0 Å². The SMILES string of the molecule is COc1cc2c(cc1OC)[C@H]1C[C@@H](OC(=O)[C@@H](N)C(C)C)[C@H](CC(C)C)CN1CC2.[2H]C([2H])([2H])Oc1cc2c(cc1OC)[C@H]1C[C@@H](OC(=O)[C@@H](N)C(C)C)[C@H](CC(C)C)CN1CC2.[2H]C([2H])([2H])Oc1cc2c(cc1OC)[C@H]1C[C@@H](OC(=O)[C@@H](N)C(C)C)[C@H](CC(C)C)CN1CC2. The lowest BCUT2D eigenvalue weighted by molar-refractivity contribution is -0.161. The van der Waals surface area contributed by atoms with E-state index in [-0.39, 0.29) is 95.4 Å². The van der Waals surface area contributed by atoms with E-state index in [0.717, 1.165) is 118 Å². The number of benzene rings is 3. The lowest BCUT2D eigenvalue weighted by Gasteiger charge is -2.47. The summed E-state index contributed by atoms with van der Waals surface area (Å²) in [4.78, 5) is 45.6. The molecule has 3 fully saturated rings. The van der Waals surface area contributed by atoms with E-state index in [2.05, 4.69) is 68.4 Å². The summed E-state index contributed by atoms with van der Waals surface area (Å²) < 4.78 is 95.1. The molecule has 0 unspecified atom stereocenters. The lowest BCUT2D eigenvalue weighted by Crippen LogP contribution is -2.51. The van der Waals surface area contributed by atoms with Crippen LogP contribution in [0.2, 0.25) is 0 Å². The molecule has 0 radical (unpaired) electrons. The Hall–Kier alpha value is -5.37. The van der Waals surface area contributed by atoms with Crippen LogP contribution in [0.25, 0.3) is 0 Å². The molecule has 0 spiro atoms. The summed E-state index contributed by atoms with van der Waals surface area (Å²) in [6, 6.07) is 10.0. The fourth-order valence-corrected chi connectivity index (χ4v) is 14.5. The van der Waals surface area contributed by atoms with E-state index in [0.29, 0.717) is 48.0 Å². The van der Waals surface area contributed by atoms with Crippen LogP contribution < -0.4 is 45.6 Å². The van der Waals surface area contributed by atoms with Gasteiger partial charge in [-0.05, 0) is 144 Å². The molecule has 18 heteroatoms. The van der Waals surface area contributed by atoms with Crippen LogP contribution in [-0.2, 0) is 47.9 Å². The predicted octanol–water partition coefficient (Wildman–Crippen LogP) is 10.7. The smallest absolute Gasteiger partial charge is 0.323 e. The second kappa shape index (κ2) is 32.5. The second-order valence-electron chi connectivity index (χ2n) is 28.4. The van der Waals surface area contributed by atoms with Gasteiger partial charge in [-0.25, -0.2) is 0 Å². The summed E-state index contributed by atoms with van der Waals surface area (Å²) in [5, 5.41) is 0. The highest BCUT2D eigenvalue weighted by Gasteiger charge is 2.45. The zero-order valence-electron chi connectivity index (χ0n) is 62.9. The molecule has 3 aromatic rings. The molecule has 6 N–H and O–H groups in total. The first-order chi connectivity index (χ1) is 45.0. The number of fused-ring (bicyclic) bond motifs is 9. The highest BCUT2D eigenvalue weighted by atomic mass is 16.6. The molecule has 3 saturated heterocycles. The normalized spacial score (nSPS) is 26.2. The predicted molar refractivity (Wildman–Crippen MR) is 353 cm³/mol. The van der Waals surface area contributed by atoms with Crippen LogP contribution in [0.15, 0.2) is 36.4 Å². The maximum Gasteiger partial charge on any atom is 0.323 e. The molecule has 0 aliphatic carbocycles. The van der Waals surface area contributed by atoms with Crippen molar-refractivity contribution in [2.45, 2.75) is 195 Å². The van der Waals surface area contributed by atoms with E-state index in [1.54, 1.807) is 26.4 Å². The number of nitrogens with two attached hydrogens (primary N) is 3. The Labute approximate surface area is 547 Å². The Balaban J connectivity index is 0.000000203. The highest BCUT2D eigenvalue weighted by molar-refractivity contribution is 5.77. The number of carbonyl (C=O) groups is 3. The van der Waals surface area contributed by atoms with Crippen LogP contribution in [0.5, 0.6) is 34.5 Å². The topological polar surface area (TPSA) is 222 Å². The molecule has 3 aromatic carbocycles. The van der Waals surface area contributed by atoms with Gasteiger partial charge in [-0.2, -0.15) is 0 Å². The average molecular weight is 1260 g/mol. The van der Waals surface area contributed by atoms with Crippen molar-refractivity contribution in [1.82, 2.24) is 14.7 Å². The zero-order chi connectivity index (χ0) is 71.0. The minimum Gasteiger partial charge on any atom is -0.493 e. The zero-order valence-corrected chi connectivity index (χ0v) is 56.9. The van der Waals surface area contributed by atoms with Crippen molar-refractivity contribution in [3.8, 4) is 34.5 Å². The van der Waals surface area contributed by atoms with Crippen molar-refractivity contribution in [2.24, 2.45) is 70.5 Å². The van der Waals surface area contributed by atoms with Gasteiger partial charge in [0, 0.05) is 94.4 Å². The third kappa shape index (κ3) is 17.5. The Bertz CT molecular complexity index is 2940. The maximum atomic E-state index is 12.7. The van der Waals surface area contributed by atoms with Crippen LogP contribution in [-0.4, -0.2) is 151 Å². The number of carbonyl (C=O) groups excluding carboxylic acids is 3. The molecule has 504 valence electrons. The largest absolute Gasteiger partial charge is 0.493 e. The summed E-state index contributed by atoms with van der Waals surface area (Å²) in [6.45, 7) is 30.1. The summed E-state index contributed by atoms with van der Waals surface area (Å²) >= 11 is 0. The molecule has 12 atom stereocenters. The van der Waals surface area contributed by atoms with E-state index in [1.807, 2.05) is 53.7 Å². The molecule has 0 aromatic heterocycles. The summed E-state index contributed by atoms with van der Waals surface area (Å²) in [5.41, 5.74) is 25.0. The van der Waals surface area contributed by atoms with Gasteiger partial charge in [0.25, 0.3) is 0 Å². The standard InChI is InChI=1S/3C24H38N2O4/c3*1-14(2)9-17-13-26-8-7-16-10-21(28-5)22(29-6)11-18(16)19(26)12-20(17)30-24(27)23(25)15(3)4/h3*10-11,14-15,17,19-20,23H,7-9,12-13,25H2,1-6H3/t3*17-,19-,20-,23+/m111/s1/i2*5D3;. The summed E-state index contributed by atoms with van der Waals surface area (Å²) in [6.07, 6.45) is 7.13. The van der Waals surface area contributed by atoms with Crippen LogP contribution >= 0.6 is 0 Å². The van der Waals surface area contributed by atoms with Crippen molar-refractivity contribution < 1.29 is 65.2 Å². The summed E-state index contributed by atoms with van der Waals surface area (Å²) in [7, 11) is 1.25. The van der Waals surface area contributed by atoms with E-state index in [1.165, 1.54) is 25.3 Å². The molecule has 90 heavy (non-hydrogen) atoms. The molecular weight excluding hydrogens is 1140 g/mol. The number of hydrogen-bond donors (Lipinski definition) is 3. The number of methoxy groups -OCH3 is 6. The molecule has 0 bridgehead atoms. The van der Waals surface area contributed by atoms with E-state index in [4.69, 9.17) is 68.1 Å². The Morgan fingerprint density at radius 1 is 0.422 bits per heavy atom. The van der Waals surface area contributed by atoms with E-state index in [9.17, 15) is 14.4 Å². The van der Waals surface area contributed by atoms with E-state index < -0.39 is 32.2 Å². The molecule has 6 aliphatic rings. The number of rotatable bonds is 21. The first-order valence-corrected chi connectivity index (χ1v) is 33.2. The fourth-order valence-electron chi connectivity index (χ4n) is 14.5. The number of ether oxygens (including phenoxy) is 9. The van der Waals surface area contributed by atoms with Crippen molar-refractivity contribution >= 4 is 17.9 Å². The Kier molecular flexibility index (Phi) is 22.9. The first kappa shape index (κ1) is 63.4. The Morgan fingerprint density at radius 2 is 0.667 bits per heavy atom. The number of hydrogen-bond acceptors (Lipinski definition) is 18. The molecule has 18 nitrogen and oxygen atoms in total. The molecule has 0 amide bonds.